The van der Waals surface area contributed by atoms with Gasteiger partial charge < -0.3 is 19.5 Å². The van der Waals surface area contributed by atoms with Gasteiger partial charge in [0.25, 0.3) is 0 Å². The summed E-state index contributed by atoms with van der Waals surface area (Å²) < 4.78 is 43.5. The van der Waals surface area contributed by atoms with E-state index in [1.807, 2.05) is 19.1 Å². The third kappa shape index (κ3) is 5.64. The van der Waals surface area contributed by atoms with Gasteiger partial charge in [-0.2, -0.15) is 18.3 Å². The Morgan fingerprint density at radius 3 is 2.74 bits per heavy atom. The molecular formula is C17H22F3N3O4. The summed E-state index contributed by atoms with van der Waals surface area (Å²) in [7, 11) is 0. The smallest absolute Gasteiger partial charge is 0.475 e. The molecule has 2 aliphatic rings. The maximum absolute atomic E-state index is 10.6. The number of hydrogen-bond acceptors (Lipinski definition) is 6. The zero-order valence-electron chi connectivity index (χ0n) is 14.9. The van der Waals surface area contributed by atoms with Gasteiger partial charge in [-0.1, -0.05) is 6.08 Å². The molecule has 0 spiro atoms. The number of ether oxygens (including phenoxy) is 2. The van der Waals surface area contributed by atoms with Crippen molar-refractivity contribution in [1.82, 2.24) is 10.2 Å². The van der Waals surface area contributed by atoms with Crippen molar-refractivity contribution in [3.63, 3.8) is 0 Å². The van der Waals surface area contributed by atoms with Gasteiger partial charge in [0.15, 0.2) is 5.82 Å². The van der Waals surface area contributed by atoms with Gasteiger partial charge in [-0.15, -0.1) is 11.7 Å². The van der Waals surface area contributed by atoms with Gasteiger partial charge in [-0.3, -0.25) is 0 Å². The first kappa shape index (κ1) is 21.1. The number of carbonyl (C=O) groups is 1. The Balaban J connectivity index is 0.000000321. The highest BCUT2D eigenvalue weighted by atomic mass is 19.4. The number of aliphatic carboxylic acids is 1. The molecule has 0 radical (unpaired) electrons. The summed E-state index contributed by atoms with van der Waals surface area (Å²) in [6, 6.07) is 4.37. The monoisotopic (exact) mass is 389 g/mol. The van der Waals surface area contributed by atoms with Crippen LogP contribution >= 0.6 is 0 Å². The Hall–Kier alpha value is -2.20. The van der Waals surface area contributed by atoms with Crippen molar-refractivity contribution in [2.75, 3.05) is 24.7 Å². The quantitative estimate of drug-likeness (QED) is 0.792. The average Bonchev–Trinajstić information content (AvgIpc) is 2.99. The second-order valence-electron chi connectivity index (χ2n) is 6.19. The van der Waals surface area contributed by atoms with Crippen LogP contribution in [0.25, 0.3) is 0 Å². The number of anilines is 1. The van der Waals surface area contributed by atoms with E-state index in [4.69, 9.17) is 19.4 Å². The van der Waals surface area contributed by atoms with E-state index in [0.29, 0.717) is 12.6 Å². The number of carboxylic acid groups (broad SMARTS) is 1. The number of rotatable bonds is 4. The molecule has 150 valence electrons. The van der Waals surface area contributed by atoms with E-state index in [1.54, 1.807) is 6.08 Å². The van der Waals surface area contributed by atoms with Crippen LogP contribution in [0.2, 0.25) is 0 Å². The minimum Gasteiger partial charge on any atom is -0.475 e. The minimum absolute atomic E-state index is 0.0846. The molecule has 0 aromatic carbocycles. The Morgan fingerprint density at radius 2 is 2.19 bits per heavy atom. The van der Waals surface area contributed by atoms with E-state index in [2.05, 4.69) is 21.7 Å². The number of aryl methyl sites for hydroxylation is 1. The molecule has 2 saturated heterocycles. The fraction of sp³-hybridized carbons (Fsp3) is 0.588. The molecule has 1 N–H and O–H groups in total. The lowest BCUT2D eigenvalue weighted by Crippen LogP contribution is -2.42. The third-order valence-corrected chi connectivity index (χ3v) is 4.23. The summed E-state index contributed by atoms with van der Waals surface area (Å²) in [5, 5.41) is 15.6. The number of nitrogens with zero attached hydrogens (tertiary/aromatic N) is 3. The van der Waals surface area contributed by atoms with E-state index in [9.17, 15) is 13.2 Å². The molecular weight excluding hydrogens is 367 g/mol. The van der Waals surface area contributed by atoms with Crippen molar-refractivity contribution < 1.29 is 32.5 Å². The maximum atomic E-state index is 10.6. The normalized spacial score (nSPS) is 24.6. The Bertz CT molecular complexity index is 639. The molecule has 0 aliphatic carbocycles. The Morgan fingerprint density at radius 1 is 1.48 bits per heavy atom. The maximum Gasteiger partial charge on any atom is 0.490 e. The van der Waals surface area contributed by atoms with Crippen LogP contribution in [0.15, 0.2) is 24.8 Å². The molecule has 0 bridgehead atoms. The predicted octanol–water partition coefficient (Wildman–Crippen LogP) is 2.36. The fourth-order valence-electron chi connectivity index (χ4n) is 3.06. The lowest BCUT2D eigenvalue weighted by molar-refractivity contribution is -0.192. The van der Waals surface area contributed by atoms with E-state index >= 15 is 0 Å². The van der Waals surface area contributed by atoms with Gasteiger partial charge in [0.2, 0.25) is 0 Å². The van der Waals surface area contributed by atoms with Crippen LogP contribution in [0.1, 0.15) is 18.5 Å². The summed E-state index contributed by atoms with van der Waals surface area (Å²) in [5.74, 6) is -1.84. The Labute approximate surface area is 154 Å². The minimum atomic E-state index is -5.08. The van der Waals surface area contributed by atoms with E-state index in [-0.39, 0.29) is 12.2 Å². The summed E-state index contributed by atoms with van der Waals surface area (Å²) in [4.78, 5) is 11.2. The van der Waals surface area contributed by atoms with Crippen LogP contribution in [-0.2, 0) is 14.3 Å². The molecule has 0 amide bonds. The molecule has 1 aromatic heterocycles. The first-order valence-electron chi connectivity index (χ1n) is 8.45. The lowest BCUT2D eigenvalue weighted by Gasteiger charge is -2.32. The summed E-state index contributed by atoms with van der Waals surface area (Å²) in [5.41, 5.74) is 0.934. The molecule has 2 aliphatic heterocycles. The lowest BCUT2D eigenvalue weighted by atomic mass is 10.0. The van der Waals surface area contributed by atoms with Crippen molar-refractivity contribution in [2.45, 2.75) is 44.2 Å². The second kappa shape index (κ2) is 9.14. The topological polar surface area (TPSA) is 84.8 Å². The number of halogens is 3. The largest absolute Gasteiger partial charge is 0.490 e. The molecule has 27 heavy (non-hydrogen) atoms. The van der Waals surface area contributed by atoms with Crippen molar-refractivity contribution in [1.29, 1.82) is 0 Å². The van der Waals surface area contributed by atoms with Crippen molar-refractivity contribution in [3.8, 4) is 0 Å². The van der Waals surface area contributed by atoms with Crippen LogP contribution in [0.3, 0.4) is 0 Å². The molecule has 0 unspecified atom stereocenters. The highest BCUT2D eigenvalue weighted by Gasteiger charge is 2.45. The number of carboxylic acids is 1. The molecule has 7 nitrogen and oxygen atoms in total. The van der Waals surface area contributed by atoms with Crippen molar-refractivity contribution in [2.24, 2.45) is 0 Å². The second-order valence-corrected chi connectivity index (χ2v) is 6.19. The summed E-state index contributed by atoms with van der Waals surface area (Å²) in [6.45, 7) is 7.85. The molecule has 0 saturated carbocycles. The van der Waals surface area contributed by atoms with Crippen molar-refractivity contribution >= 4 is 11.8 Å². The van der Waals surface area contributed by atoms with Crippen LogP contribution in [-0.4, -0.2) is 65.5 Å². The molecule has 10 heteroatoms. The number of alkyl halides is 3. The van der Waals surface area contributed by atoms with Gasteiger partial charge in [0.05, 0.1) is 18.3 Å². The van der Waals surface area contributed by atoms with E-state index < -0.39 is 12.1 Å². The Kier molecular flexibility index (Phi) is 7.14. The SMILES string of the molecule is C=CCO[C@H]1CN(c2ccc(C)nn2)[C@@H]2CCCO[C@H]12.O=C(O)C(F)(F)F. The molecule has 3 atom stereocenters. The number of fused-ring (bicyclic) bond motifs is 1. The first-order chi connectivity index (χ1) is 12.7. The first-order valence-corrected chi connectivity index (χ1v) is 8.45. The summed E-state index contributed by atoms with van der Waals surface area (Å²) in [6.07, 6.45) is -0.876. The molecule has 2 fully saturated rings. The van der Waals surface area contributed by atoms with Crippen LogP contribution < -0.4 is 4.90 Å². The highest BCUT2D eigenvalue weighted by Crippen LogP contribution is 2.33. The average molecular weight is 389 g/mol. The van der Waals surface area contributed by atoms with Gasteiger partial charge in [0.1, 0.15) is 12.2 Å². The fourth-order valence-corrected chi connectivity index (χ4v) is 3.06. The number of hydrogen-bond donors (Lipinski definition) is 1. The molecule has 3 rings (SSSR count). The van der Waals surface area contributed by atoms with Crippen LogP contribution in [0.5, 0.6) is 0 Å². The summed E-state index contributed by atoms with van der Waals surface area (Å²) >= 11 is 0. The van der Waals surface area contributed by atoms with Gasteiger partial charge in [0, 0.05) is 13.2 Å². The van der Waals surface area contributed by atoms with E-state index in [0.717, 1.165) is 37.5 Å². The van der Waals surface area contributed by atoms with Gasteiger partial charge in [-0.05, 0) is 31.9 Å². The van der Waals surface area contributed by atoms with Crippen molar-refractivity contribution in [3.05, 3.63) is 30.5 Å². The molecule has 3 heterocycles. The molecule has 1 aromatic rings. The van der Waals surface area contributed by atoms with Crippen LogP contribution in [0.4, 0.5) is 19.0 Å². The number of aromatic nitrogens is 2. The third-order valence-electron chi connectivity index (χ3n) is 4.23. The zero-order chi connectivity index (χ0) is 20.0. The standard InChI is InChI=1S/C15H21N3O2.C2HF3O2/c1-3-8-19-13-10-18(12-5-4-9-20-15(12)13)14-7-6-11(2)16-17-14;3-2(4,5)1(6)7/h3,6-7,12-13,15H,1,4-5,8-10H2,2H3;(H,6,7)/t12-,13+,15+;/m1./s1. The van der Waals surface area contributed by atoms with Gasteiger partial charge in [-0.25, -0.2) is 4.79 Å². The van der Waals surface area contributed by atoms with E-state index in [1.165, 1.54) is 0 Å². The zero-order valence-corrected chi connectivity index (χ0v) is 14.9. The van der Waals surface area contributed by atoms with Gasteiger partial charge >= 0.3 is 12.1 Å². The highest BCUT2D eigenvalue weighted by molar-refractivity contribution is 5.73. The predicted molar refractivity (Wildman–Crippen MR) is 90.5 cm³/mol. The van der Waals surface area contributed by atoms with Crippen LogP contribution in [0, 0.1) is 6.92 Å².